The van der Waals surface area contributed by atoms with E-state index in [0.29, 0.717) is 18.4 Å². The molecule has 0 amide bonds. The summed E-state index contributed by atoms with van der Waals surface area (Å²) in [5.41, 5.74) is 6.05. The quantitative estimate of drug-likeness (QED) is 0.636. The maximum absolute atomic E-state index is 12.4. The van der Waals surface area contributed by atoms with Crippen LogP contribution in [0.1, 0.15) is 31.2 Å². The number of nitrogens with two attached hydrogens (primary N) is 1. The fraction of sp³-hybridized carbons (Fsp3) is 0.538. The molecule has 1 aliphatic rings. The summed E-state index contributed by atoms with van der Waals surface area (Å²) < 4.78 is 27.5. The van der Waals surface area contributed by atoms with Gasteiger partial charge < -0.3 is 5.73 Å². The zero-order valence-electron chi connectivity index (χ0n) is 12.2. The number of benzene rings is 1. The normalized spacial score (nSPS) is 21.9. The summed E-state index contributed by atoms with van der Waals surface area (Å²) >= 11 is 0. The van der Waals surface area contributed by atoms with Gasteiger partial charge in [0.15, 0.2) is 0 Å². The van der Waals surface area contributed by atoms with E-state index in [2.05, 4.69) is 4.72 Å². The number of nitrogens with one attached hydrogen (secondary N) is 1. The lowest BCUT2D eigenvalue weighted by atomic mass is 9.93. The van der Waals surface area contributed by atoms with Crippen molar-refractivity contribution in [1.82, 2.24) is 4.72 Å². The molecule has 0 radical (unpaired) electrons. The number of sulfonamides is 1. The van der Waals surface area contributed by atoms with Crippen LogP contribution < -0.4 is 10.5 Å². The number of nitro groups is 1. The molecule has 0 unspecified atom stereocenters. The Balaban J connectivity index is 0.00000242. The predicted molar refractivity (Wildman–Crippen MR) is 85.6 cm³/mol. The molecule has 124 valence electrons. The standard InChI is InChI=1S/C13H19N3O4S.ClH/c1-9-2-7-12(16(17)18)8-13(9)21(19,20)15-11-5-3-10(14)4-6-11;/h2,7-8,10-11,15H,3-6,14H2,1H3;1H. The average molecular weight is 350 g/mol. The van der Waals surface area contributed by atoms with Crippen LogP contribution in [-0.4, -0.2) is 25.4 Å². The lowest BCUT2D eigenvalue weighted by Gasteiger charge is -2.26. The number of hydrogen-bond donors (Lipinski definition) is 2. The van der Waals surface area contributed by atoms with Gasteiger partial charge in [-0.2, -0.15) is 0 Å². The first-order valence-corrected chi connectivity index (χ1v) is 8.31. The monoisotopic (exact) mass is 349 g/mol. The van der Waals surface area contributed by atoms with Gasteiger partial charge in [-0.05, 0) is 38.2 Å². The van der Waals surface area contributed by atoms with Gasteiger partial charge in [-0.25, -0.2) is 13.1 Å². The molecule has 0 aromatic heterocycles. The predicted octanol–water partition coefficient (Wildman–Crippen LogP) is 1.87. The summed E-state index contributed by atoms with van der Waals surface area (Å²) in [6, 6.07) is 3.82. The van der Waals surface area contributed by atoms with Crippen LogP contribution in [0.15, 0.2) is 23.1 Å². The minimum absolute atomic E-state index is 0. The Hall–Kier alpha value is -1.22. The van der Waals surface area contributed by atoms with Crippen LogP contribution in [0.25, 0.3) is 0 Å². The Morgan fingerprint density at radius 3 is 2.41 bits per heavy atom. The molecule has 0 heterocycles. The Kier molecular flexibility index (Phi) is 6.30. The van der Waals surface area contributed by atoms with E-state index in [4.69, 9.17) is 5.73 Å². The summed E-state index contributed by atoms with van der Waals surface area (Å²) in [6.07, 6.45) is 2.94. The summed E-state index contributed by atoms with van der Waals surface area (Å²) in [6.45, 7) is 1.62. The molecule has 1 aromatic carbocycles. The Labute approximate surface area is 135 Å². The Morgan fingerprint density at radius 1 is 1.27 bits per heavy atom. The molecular formula is C13H20ClN3O4S. The van der Waals surface area contributed by atoms with E-state index in [1.54, 1.807) is 6.92 Å². The van der Waals surface area contributed by atoms with Crippen LogP contribution in [0.2, 0.25) is 0 Å². The first kappa shape index (κ1) is 18.8. The Morgan fingerprint density at radius 2 is 1.86 bits per heavy atom. The van der Waals surface area contributed by atoms with Crippen molar-refractivity contribution >= 4 is 28.1 Å². The summed E-state index contributed by atoms with van der Waals surface area (Å²) in [5.74, 6) is 0. The third-order valence-electron chi connectivity index (χ3n) is 3.77. The molecule has 0 spiro atoms. The summed E-state index contributed by atoms with van der Waals surface area (Å²) in [5, 5.41) is 10.8. The largest absolute Gasteiger partial charge is 0.328 e. The molecule has 0 atom stereocenters. The highest BCUT2D eigenvalue weighted by Gasteiger charge is 2.26. The van der Waals surface area contributed by atoms with Crippen molar-refractivity contribution in [2.75, 3.05) is 0 Å². The molecule has 1 aliphatic carbocycles. The second-order valence-corrected chi connectivity index (χ2v) is 7.12. The number of hydrogen-bond acceptors (Lipinski definition) is 5. The van der Waals surface area contributed by atoms with Gasteiger partial charge in [-0.15, -0.1) is 12.4 Å². The van der Waals surface area contributed by atoms with Crippen molar-refractivity contribution in [3.8, 4) is 0 Å². The van der Waals surface area contributed by atoms with E-state index in [-0.39, 0.29) is 35.1 Å². The topological polar surface area (TPSA) is 115 Å². The first-order chi connectivity index (χ1) is 9.79. The zero-order valence-corrected chi connectivity index (χ0v) is 13.8. The SMILES string of the molecule is Cc1ccc([N+](=O)[O-])cc1S(=O)(=O)NC1CCC(N)CC1.Cl. The van der Waals surface area contributed by atoms with Gasteiger partial charge in [-0.3, -0.25) is 10.1 Å². The second-order valence-electron chi connectivity index (χ2n) is 5.44. The van der Waals surface area contributed by atoms with Crippen LogP contribution in [0.3, 0.4) is 0 Å². The first-order valence-electron chi connectivity index (χ1n) is 6.82. The zero-order chi connectivity index (χ0) is 15.6. The highest BCUT2D eigenvalue weighted by atomic mass is 35.5. The molecule has 1 aromatic rings. The van der Waals surface area contributed by atoms with Crippen molar-refractivity contribution in [3.63, 3.8) is 0 Å². The van der Waals surface area contributed by atoms with Crippen molar-refractivity contribution in [1.29, 1.82) is 0 Å². The maximum atomic E-state index is 12.4. The van der Waals surface area contributed by atoms with Crippen LogP contribution in [-0.2, 0) is 10.0 Å². The number of nitro benzene ring substituents is 1. The van der Waals surface area contributed by atoms with E-state index < -0.39 is 14.9 Å². The van der Waals surface area contributed by atoms with E-state index in [9.17, 15) is 18.5 Å². The van der Waals surface area contributed by atoms with Gasteiger partial charge in [0, 0.05) is 24.2 Å². The average Bonchev–Trinajstić information content (AvgIpc) is 2.41. The lowest BCUT2D eigenvalue weighted by molar-refractivity contribution is -0.385. The van der Waals surface area contributed by atoms with Gasteiger partial charge in [0.25, 0.3) is 5.69 Å². The minimum Gasteiger partial charge on any atom is -0.328 e. The molecule has 0 bridgehead atoms. The van der Waals surface area contributed by atoms with Gasteiger partial charge in [0.2, 0.25) is 10.0 Å². The molecule has 22 heavy (non-hydrogen) atoms. The smallest absolute Gasteiger partial charge is 0.270 e. The molecule has 2 rings (SSSR count). The van der Waals surface area contributed by atoms with Gasteiger partial charge >= 0.3 is 0 Å². The van der Waals surface area contributed by atoms with E-state index in [1.165, 1.54) is 12.1 Å². The van der Waals surface area contributed by atoms with Crippen LogP contribution in [0, 0.1) is 17.0 Å². The van der Waals surface area contributed by atoms with E-state index >= 15 is 0 Å². The highest BCUT2D eigenvalue weighted by Crippen LogP contribution is 2.24. The highest BCUT2D eigenvalue weighted by molar-refractivity contribution is 7.89. The van der Waals surface area contributed by atoms with Crippen LogP contribution in [0.4, 0.5) is 5.69 Å². The maximum Gasteiger partial charge on any atom is 0.270 e. The lowest BCUT2D eigenvalue weighted by Crippen LogP contribution is -2.40. The molecule has 0 aliphatic heterocycles. The molecule has 1 saturated carbocycles. The van der Waals surface area contributed by atoms with Crippen LogP contribution >= 0.6 is 12.4 Å². The number of nitrogens with zero attached hydrogens (tertiary/aromatic N) is 1. The minimum atomic E-state index is -3.76. The van der Waals surface area contributed by atoms with E-state index in [1.807, 2.05) is 0 Å². The number of non-ortho nitro benzene ring substituents is 1. The molecule has 7 nitrogen and oxygen atoms in total. The molecule has 1 fully saturated rings. The summed E-state index contributed by atoms with van der Waals surface area (Å²) in [7, 11) is -3.76. The number of halogens is 1. The van der Waals surface area contributed by atoms with Gasteiger partial charge in [0.1, 0.15) is 0 Å². The van der Waals surface area contributed by atoms with E-state index in [0.717, 1.165) is 18.9 Å². The fourth-order valence-electron chi connectivity index (χ4n) is 2.51. The van der Waals surface area contributed by atoms with Gasteiger partial charge in [-0.1, -0.05) is 6.07 Å². The second kappa shape index (κ2) is 7.36. The van der Waals surface area contributed by atoms with Crippen LogP contribution in [0.5, 0.6) is 0 Å². The molecule has 3 N–H and O–H groups in total. The molecule has 0 saturated heterocycles. The van der Waals surface area contributed by atoms with Crippen molar-refractivity contribution < 1.29 is 13.3 Å². The fourth-order valence-corrected chi connectivity index (χ4v) is 4.08. The van der Waals surface area contributed by atoms with Crippen molar-refractivity contribution in [2.24, 2.45) is 5.73 Å². The van der Waals surface area contributed by atoms with Gasteiger partial charge in [0.05, 0.1) is 9.82 Å². The molecule has 9 heteroatoms. The van der Waals surface area contributed by atoms with Crippen molar-refractivity contribution in [2.45, 2.75) is 49.6 Å². The third kappa shape index (κ3) is 4.39. The number of aryl methyl sites for hydroxylation is 1. The Bertz CT molecular complexity index is 643. The third-order valence-corrected chi connectivity index (χ3v) is 5.43. The molecular weight excluding hydrogens is 330 g/mol. The van der Waals surface area contributed by atoms with Crippen molar-refractivity contribution in [3.05, 3.63) is 33.9 Å². The number of rotatable bonds is 4. The summed E-state index contributed by atoms with van der Waals surface area (Å²) in [4.78, 5) is 10.2.